The lowest BCUT2D eigenvalue weighted by atomic mass is 9.87. The van der Waals surface area contributed by atoms with Crippen molar-refractivity contribution in [2.45, 2.75) is 58.9 Å². The fourth-order valence-electron chi connectivity index (χ4n) is 2.48. The van der Waals surface area contributed by atoms with Crippen molar-refractivity contribution in [3.63, 3.8) is 0 Å². The van der Waals surface area contributed by atoms with Crippen LogP contribution in [-0.4, -0.2) is 6.04 Å². The van der Waals surface area contributed by atoms with Crippen LogP contribution < -0.4 is 5.73 Å². The van der Waals surface area contributed by atoms with Gasteiger partial charge in [-0.05, 0) is 37.7 Å². The first kappa shape index (κ1) is 14.2. The Hall–Kier alpha value is -0.820. The monoisotopic (exact) mass is 233 g/mol. The van der Waals surface area contributed by atoms with Gasteiger partial charge < -0.3 is 5.73 Å². The Morgan fingerprint density at radius 2 is 1.53 bits per heavy atom. The first-order valence-corrected chi connectivity index (χ1v) is 6.98. The summed E-state index contributed by atoms with van der Waals surface area (Å²) in [6.07, 6.45) is 6.03. The van der Waals surface area contributed by atoms with Gasteiger partial charge in [-0.2, -0.15) is 0 Å². The van der Waals surface area contributed by atoms with E-state index in [1.54, 1.807) is 0 Å². The van der Waals surface area contributed by atoms with E-state index in [0.717, 1.165) is 6.42 Å². The van der Waals surface area contributed by atoms with Crippen molar-refractivity contribution >= 4 is 0 Å². The molecule has 0 aliphatic rings. The number of rotatable bonds is 7. The van der Waals surface area contributed by atoms with Crippen LogP contribution in [0.15, 0.2) is 24.3 Å². The number of aryl methyl sites for hydroxylation is 1. The number of hydrogen-bond acceptors (Lipinski definition) is 1. The molecule has 1 heteroatoms. The molecular formula is C16H27N. The van der Waals surface area contributed by atoms with Gasteiger partial charge in [-0.1, -0.05) is 56.5 Å². The number of nitrogens with two attached hydrogens (primary N) is 1. The molecule has 0 heterocycles. The summed E-state index contributed by atoms with van der Waals surface area (Å²) in [4.78, 5) is 0. The molecule has 1 aromatic rings. The van der Waals surface area contributed by atoms with Crippen molar-refractivity contribution in [1.29, 1.82) is 0 Å². The van der Waals surface area contributed by atoms with Gasteiger partial charge in [-0.25, -0.2) is 0 Å². The minimum Gasteiger partial charge on any atom is -0.327 e. The van der Waals surface area contributed by atoms with Gasteiger partial charge in [0, 0.05) is 6.04 Å². The van der Waals surface area contributed by atoms with Crippen LogP contribution in [0.1, 0.15) is 50.7 Å². The summed E-state index contributed by atoms with van der Waals surface area (Å²) in [7, 11) is 0. The van der Waals surface area contributed by atoms with Crippen LogP contribution in [0.5, 0.6) is 0 Å². The van der Waals surface area contributed by atoms with Gasteiger partial charge in [-0.15, -0.1) is 0 Å². The molecule has 96 valence electrons. The van der Waals surface area contributed by atoms with Gasteiger partial charge in [-0.3, -0.25) is 0 Å². The highest BCUT2D eigenvalue weighted by atomic mass is 14.6. The predicted octanol–water partition coefficient (Wildman–Crippen LogP) is 4.08. The van der Waals surface area contributed by atoms with Gasteiger partial charge in [0.1, 0.15) is 0 Å². The highest BCUT2D eigenvalue weighted by Crippen LogP contribution is 2.19. The highest BCUT2D eigenvalue weighted by Gasteiger charge is 2.16. The summed E-state index contributed by atoms with van der Waals surface area (Å²) >= 11 is 0. The van der Waals surface area contributed by atoms with Crippen LogP contribution in [0.3, 0.4) is 0 Å². The molecule has 1 aromatic carbocycles. The van der Waals surface area contributed by atoms with E-state index in [1.165, 1.54) is 36.8 Å². The molecule has 0 saturated heterocycles. The van der Waals surface area contributed by atoms with E-state index in [1.807, 2.05) is 0 Å². The molecule has 0 aliphatic heterocycles. The van der Waals surface area contributed by atoms with Crippen LogP contribution in [0.2, 0.25) is 0 Å². The summed E-state index contributed by atoms with van der Waals surface area (Å²) in [5.41, 5.74) is 9.06. The zero-order chi connectivity index (χ0) is 12.7. The minimum absolute atomic E-state index is 0.317. The Balaban J connectivity index is 2.55. The topological polar surface area (TPSA) is 26.0 Å². The number of benzene rings is 1. The smallest absolute Gasteiger partial charge is 0.0108 e. The molecule has 0 amide bonds. The maximum absolute atomic E-state index is 6.36. The van der Waals surface area contributed by atoms with Gasteiger partial charge in [0.05, 0.1) is 0 Å². The zero-order valence-electron chi connectivity index (χ0n) is 11.6. The SMILES string of the molecule is CCCC(CCC)C(N)Cc1ccc(C)cc1. The predicted molar refractivity (Wildman–Crippen MR) is 76.2 cm³/mol. The first-order valence-electron chi connectivity index (χ1n) is 6.98. The van der Waals surface area contributed by atoms with Gasteiger partial charge in [0.2, 0.25) is 0 Å². The van der Waals surface area contributed by atoms with E-state index in [0.29, 0.717) is 12.0 Å². The molecule has 0 bridgehead atoms. The van der Waals surface area contributed by atoms with E-state index in [2.05, 4.69) is 45.0 Å². The quantitative estimate of drug-likeness (QED) is 0.754. The maximum Gasteiger partial charge on any atom is 0.0108 e. The van der Waals surface area contributed by atoms with Crippen LogP contribution in [-0.2, 0) is 6.42 Å². The standard InChI is InChI=1S/C16H27N/c1-4-6-15(7-5-2)16(17)12-14-10-8-13(3)9-11-14/h8-11,15-16H,4-7,12,17H2,1-3H3. The van der Waals surface area contributed by atoms with E-state index in [-0.39, 0.29) is 0 Å². The second kappa shape index (κ2) is 7.50. The number of hydrogen-bond donors (Lipinski definition) is 1. The fourth-order valence-corrected chi connectivity index (χ4v) is 2.48. The molecule has 1 rings (SSSR count). The molecule has 0 aliphatic carbocycles. The molecule has 1 atom stereocenters. The maximum atomic E-state index is 6.36. The third kappa shape index (κ3) is 4.91. The van der Waals surface area contributed by atoms with Crippen LogP contribution >= 0.6 is 0 Å². The minimum atomic E-state index is 0.317. The normalized spacial score (nSPS) is 13.0. The summed E-state index contributed by atoms with van der Waals surface area (Å²) < 4.78 is 0. The fraction of sp³-hybridized carbons (Fsp3) is 0.625. The molecule has 1 nitrogen and oxygen atoms in total. The summed E-state index contributed by atoms with van der Waals surface area (Å²) in [5.74, 6) is 0.686. The molecule has 17 heavy (non-hydrogen) atoms. The van der Waals surface area contributed by atoms with Crippen molar-refractivity contribution < 1.29 is 0 Å². The zero-order valence-corrected chi connectivity index (χ0v) is 11.6. The van der Waals surface area contributed by atoms with E-state index in [9.17, 15) is 0 Å². The Kier molecular flexibility index (Phi) is 6.28. The van der Waals surface area contributed by atoms with Crippen molar-refractivity contribution in [2.75, 3.05) is 0 Å². The van der Waals surface area contributed by atoms with Crippen molar-refractivity contribution in [3.8, 4) is 0 Å². The van der Waals surface area contributed by atoms with Crippen LogP contribution in [0.4, 0.5) is 0 Å². The Morgan fingerprint density at radius 1 is 1.00 bits per heavy atom. The summed E-state index contributed by atoms with van der Waals surface area (Å²) in [5, 5.41) is 0. The van der Waals surface area contributed by atoms with Crippen molar-refractivity contribution in [2.24, 2.45) is 11.7 Å². The molecule has 2 N–H and O–H groups in total. The summed E-state index contributed by atoms with van der Waals surface area (Å²) in [6.45, 7) is 6.63. The Morgan fingerprint density at radius 3 is 2.00 bits per heavy atom. The molecular weight excluding hydrogens is 206 g/mol. The third-order valence-electron chi connectivity index (χ3n) is 3.52. The molecule has 0 aromatic heterocycles. The second-order valence-corrected chi connectivity index (χ2v) is 5.19. The van der Waals surface area contributed by atoms with Crippen LogP contribution in [0.25, 0.3) is 0 Å². The largest absolute Gasteiger partial charge is 0.327 e. The molecule has 0 fully saturated rings. The molecule has 0 spiro atoms. The lowest BCUT2D eigenvalue weighted by molar-refractivity contribution is 0.360. The lowest BCUT2D eigenvalue weighted by Gasteiger charge is -2.23. The molecule has 1 unspecified atom stereocenters. The second-order valence-electron chi connectivity index (χ2n) is 5.19. The van der Waals surface area contributed by atoms with E-state index < -0.39 is 0 Å². The Bertz CT molecular complexity index is 296. The van der Waals surface area contributed by atoms with Crippen molar-refractivity contribution in [1.82, 2.24) is 0 Å². The third-order valence-corrected chi connectivity index (χ3v) is 3.52. The van der Waals surface area contributed by atoms with Crippen LogP contribution in [0, 0.1) is 12.8 Å². The highest BCUT2D eigenvalue weighted by molar-refractivity contribution is 5.22. The first-order chi connectivity index (χ1) is 8.17. The molecule has 0 radical (unpaired) electrons. The van der Waals surface area contributed by atoms with Gasteiger partial charge in [0.25, 0.3) is 0 Å². The van der Waals surface area contributed by atoms with Gasteiger partial charge >= 0.3 is 0 Å². The molecule has 0 saturated carbocycles. The van der Waals surface area contributed by atoms with Gasteiger partial charge in [0.15, 0.2) is 0 Å². The Labute approximate surface area is 106 Å². The summed E-state index contributed by atoms with van der Waals surface area (Å²) in [6, 6.07) is 9.10. The van der Waals surface area contributed by atoms with E-state index in [4.69, 9.17) is 5.73 Å². The lowest BCUT2D eigenvalue weighted by Crippen LogP contribution is -2.32. The average Bonchev–Trinajstić information content (AvgIpc) is 2.32. The average molecular weight is 233 g/mol. The van der Waals surface area contributed by atoms with E-state index >= 15 is 0 Å². The van der Waals surface area contributed by atoms with Crippen molar-refractivity contribution in [3.05, 3.63) is 35.4 Å².